The van der Waals surface area contributed by atoms with E-state index in [1.54, 1.807) is 18.5 Å². The van der Waals surface area contributed by atoms with Crippen LogP contribution in [0.4, 0.5) is 0 Å². The first-order chi connectivity index (χ1) is 8.13. The summed E-state index contributed by atoms with van der Waals surface area (Å²) in [6.45, 7) is 7.15. The summed E-state index contributed by atoms with van der Waals surface area (Å²) < 4.78 is 5.50. The smallest absolute Gasteiger partial charge is 0.178 e. The minimum absolute atomic E-state index is 0.0418. The van der Waals surface area contributed by atoms with Crippen molar-refractivity contribution in [2.75, 3.05) is 13.1 Å². The number of nitrogens with zero attached hydrogens (tertiary/aromatic N) is 1. The normalized spacial score (nSPS) is 10.6. The Hall–Kier alpha value is -1.42. The van der Waals surface area contributed by atoms with E-state index in [2.05, 4.69) is 17.2 Å². The lowest BCUT2D eigenvalue weighted by Gasteiger charge is -2.10. The van der Waals surface area contributed by atoms with Crippen LogP contribution < -0.4 is 10.1 Å². The number of hydrogen-bond donors (Lipinski definition) is 1. The van der Waals surface area contributed by atoms with Gasteiger partial charge in [-0.25, -0.2) is 0 Å². The molecule has 0 saturated carbocycles. The maximum Gasteiger partial charge on any atom is 0.178 e. The SMILES string of the molecule is CCCNCC(=O)c1cncc(OC(C)C)c1. The summed E-state index contributed by atoms with van der Waals surface area (Å²) in [7, 11) is 0. The highest BCUT2D eigenvalue weighted by atomic mass is 16.5. The van der Waals surface area contributed by atoms with Gasteiger partial charge in [-0.2, -0.15) is 0 Å². The molecule has 17 heavy (non-hydrogen) atoms. The predicted molar refractivity (Wildman–Crippen MR) is 67.5 cm³/mol. The molecule has 4 heteroatoms. The van der Waals surface area contributed by atoms with Crippen LogP contribution in [0.25, 0.3) is 0 Å². The molecule has 0 unspecified atom stereocenters. The average molecular weight is 236 g/mol. The van der Waals surface area contributed by atoms with Gasteiger partial charge in [0.2, 0.25) is 0 Å². The molecule has 0 amide bonds. The van der Waals surface area contributed by atoms with Crippen molar-refractivity contribution in [2.24, 2.45) is 0 Å². The summed E-state index contributed by atoms with van der Waals surface area (Å²) in [5.74, 6) is 0.682. The largest absolute Gasteiger partial charge is 0.489 e. The summed E-state index contributed by atoms with van der Waals surface area (Å²) in [6, 6.07) is 1.74. The maximum absolute atomic E-state index is 11.8. The van der Waals surface area contributed by atoms with Gasteiger partial charge in [0.1, 0.15) is 5.75 Å². The van der Waals surface area contributed by atoms with Crippen LogP contribution in [-0.2, 0) is 0 Å². The van der Waals surface area contributed by atoms with Crippen LogP contribution >= 0.6 is 0 Å². The highest BCUT2D eigenvalue weighted by Crippen LogP contribution is 2.13. The average Bonchev–Trinajstić information content (AvgIpc) is 2.28. The predicted octanol–water partition coefficient (Wildman–Crippen LogP) is 2.05. The van der Waals surface area contributed by atoms with Crippen LogP contribution in [-0.4, -0.2) is 30.0 Å². The molecule has 0 aliphatic heterocycles. The first kappa shape index (κ1) is 13.6. The second-order valence-electron chi connectivity index (χ2n) is 4.18. The quantitative estimate of drug-likeness (QED) is 0.581. The number of Topliss-reactive ketones (excluding diaryl/α,β-unsaturated/α-hetero) is 1. The highest BCUT2D eigenvalue weighted by Gasteiger charge is 2.07. The van der Waals surface area contributed by atoms with Gasteiger partial charge >= 0.3 is 0 Å². The zero-order valence-corrected chi connectivity index (χ0v) is 10.7. The van der Waals surface area contributed by atoms with Crippen molar-refractivity contribution in [3.63, 3.8) is 0 Å². The first-order valence-corrected chi connectivity index (χ1v) is 5.99. The Morgan fingerprint density at radius 2 is 2.24 bits per heavy atom. The van der Waals surface area contributed by atoms with E-state index in [9.17, 15) is 4.79 Å². The summed E-state index contributed by atoms with van der Waals surface area (Å²) in [6.07, 6.45) is 4.29. The van der Waals surface area contributed by atoms with Crippen LogP contribution in [0.2, 0.25) is 0 Å². The van der Waals surface area contributed by atoms with Crippen LogP contribution in [0.1, 0.15) is 37.6 Å². The topological polar surface area (TPSA) is 51.2 Å². The minimum atomic E-state index is 0.0418. The van der Waals surface area contributed by atoms with Gasteiger partial charge in [0.05, 0.1) is 18.8 Å². The van der Waals surface area contributed by atoms with Gasteiger partial charge in [-0.3, -0.25) is 9.78 Å². The van der Waals surface area contributed by atoms with Crippen molar-refractivity contribution in [3.8, 4) is 5.75 Å². The number of carbonyl (C=O) groups excluding carboxylic acids is 1. The Balaban J connectivity index is 2.60. The van der Waals surface area contributed by atoms with Crippen LogP contribution in [0.3, 0.4) is 0 Å². The van der Waals surface area contributed by atoms with Gasteiger partial charge in [-0.05, 0) is 32.9 Å². The number of rotatable bonds is 7. The van der Waals surface area contributed by atoms with Gasteiger partial charge in [0.25, 0.3) is 0 Å². The number of nitrogens with one attached hydrogen (secondary N) is 1. The lowest BCUT2D eigenvalue weighted by Crippen LogP contribution is -2.23. The van der Waals surface area contributed by atoms with Crippen molar-refractivity contribution >= 4 is 5.78 Å². The van der Waals surface area contributed by atoms with E-state index in [1.165, 1.54) is 0 Å². The van der Waals surface area contributed by atoms with Crippen molar-refractivity contribution in [2.45, 2.75) is 33.3 Å². The van der Waals surface area contributed by atoms with Crippen molar-refractivity contribution in [1.82, 2.24) is 10.3 Å². The molecule has 0 bridgehead atoms. The maximum atomic E-state index is 11.8. The standard InChI is InChI=1S/C13H20N2O2/c1-4-5-14-9-13(16)11-6-12(8-15-7-11)17-10(2)3/h6-8,10,14H,4-5,9H2,1-3H3. The molecule has 0 aliphatic carbocycles. The molecule has 0 saturated heterocycles. The van der Waals surface area contributed by atoms with Crippen molar-refractivity contribution in [1.29, 1.82) is 0 Å². The van der Waals surface area contributed by atoms with Gasteiger partial charge in [-0.15, -0.1) is 0 Å². The molecule has 1 aromatic heterocycles. The molecule has 94 valence electrons. The van der Waals surface area contributed by atoms with E-state index in [0.717, 1.165) is 13.0 Å². The van der Waals surface area contributed by atoms with E-state index in [1.807, 2.05) is 13.8 Å². The Morgan fingerprint density at radius 3 is 2.88 bits per heavy atom. The van der Waals surface area contributed by atoms with Gasteiger partial charge in [0.15, 0.2) is 5.78 Å². The Morgan fingerprint density at radius 1 is 1.47 bits per heavy atom. The third-order valence-electron chi connectivity index (χ3n) is 2.12. The van der Waals surface area contributed by atoms with E-state index in [0.29, 0.717) is 17.9 Å². The Bertz CT molecular complexity index is 364. The van der Waals surface area contributed by atoms with Crippen LogP contribution in [0, 0.1) is 0 Å². The first-order valence-electron chi connectivity index (χ1n) is 5.99. The van der Waals surface area contributed by atoms with Crippen molar-refractivity contribution in [3.05, 3.63) is 24.0 Å². The lowest BCUT2D eigenvalue weighted by molar-refractivity contribution is 0.0990. The summed E-state index contributed by atoms with van der Waals surface area (Å²) >= 11 is 0. The van der Waals surface area contributed by atoms with E-state index < -0.39 is 0 Å². The summed E-state index contributed by atoms with van der Waals surface area (Å²) in [4.78, 5) is 15.8. The molecular weight excluding hydrogens is 216 g/mol. The Labute approximate surface area is 102 Å². The fourth-order valence-corrected chi connectivity index (χ4v) is 1.39. The molecule has 0 radical (unpaired) electrons. The Kier molecular flexibility index (Phi) is 5.63. The molecule has 0 fully saturated rings. The minimum Gasteiger partial charge on any atom is -0.489 e. The molecule has 0 aromatic carbocycles. The van der Waals surface area contributed by atoms with Crippen molar-refractivity contribution < 1.29 is 9.53 Å². The van der Waals surface area contributed by atoms with Gasteiger partial charge < -0.3 is 10.1 Å². The second-order valence-corrected chi connectivity index (χ2v) is 4.18. The molecule has 4 nitrogen and oxygen atoms in total. The number of aromatic nitrogens is 1. The number of carbonyl (C=O) groups is 1. The lowest BCUT2D eigenvalue weighted by atomic mass is 10.2. The molecular formula is C13H20N2O2. The highest BCUT2D eigenvalue weighted by molar-refractivity contribution is 5.97. The number of ether oxygens (including phenoxy) is 1. The zero-order valence-electron chi connectivity index (χ0n) is 10.7. The molecule has 0 atom stereocenters. The fourth-order valence-electron chi connectivity index (χ4n) is 1.39. The fraction of sp³-hybridized carbons (Fsp3) is 0.538. The van der Waals surface area contributed by atoms with Gasteiger partial charge in [0, 0.05) is 11.8 Å². The number of pyridine rings is 1. The van der Waals surface area contributed by atoms with Gasteiger partial charge in [-0.1, -0.05) is 6.92 Å². The molecule has 1 aromatic rings. The third kappa shape index (κ3) is 4.95. The number of hydrogen-bond acceptors (Lipinski definition) is 4. The molecule has 1 N–H and O–H groups in total. The van der Waals surface area contributed by atoms with Crippen LogP contribution in [0.15, 0.2) is 18.5 Å². The summed E-state index contributed by atoms with van der Waals surface area (Å²) in [5.41, 5.74) is 0.590. The molecule has 1 heterocycles. The molecule has 0 aliphatic rings. The van der Waals surface area contributed by atoms with E-state index in [-0.39, 0.29) is 11.9 Å². The third-order valence-corrected chi connectivity index (χ3v) is 2.12. The second kappa shape index (κ2) is 7.01. The number of ketones is 1. The van der Waals surface area contributed by atoms with E-state index >= 15 is 0 Å². The van der Waals surface area contributed by atoms with Crippen LogP contribution in [0.5, 0.6) is 5.75 Å². The zero-order chi connectivity index (χ0) is 12.7. The monoisotopic (exact) mass is 236 g/mol. The summed E-state index contributed by atoms with van der Waals surface area (Å²) in [5, 5.41) is 3.08. The molecule has 1 rings (SSSR count). The molecule has 0 spiro atoms. The van der Waals surface area contributed by atoms with E-state index in [4.69, 9.17) is 4.74 Å².